The molecule has 0 aliphatic heterocycles. The zero-order chi connectivity index (χ0) is 17.6. The fourth-order valence-electron chi connectivity index (χ4n) is 2.42. The Morgan fingerprint density at radius 2 is 1.80 bits per heavy atom. The van der Waals surface area contributed by atoms with Crippen LogP contribution in [0, 0.1) is 0 Å². The maximum atomic E-state index is 4.64. The molecule has 2 rings (SSSR count). The van der Waals surface area contributed by atoms with Crippen LogP contribution < -0.4 is 16.0 Å². The first-order valence-electron chi connectivity index (χ1n) is 9.09. The average Bonchev–Trinajstić information content (AvgIpc) is 2.66. The lowest BCUT2D eigenvalue weighted by atomic mass is 10.1. The van der Waals surface area contributed by atoms with Crippen LogP contribution in [0.15, 0.2) is 59.7 Å². The van der Waals surface area contributed by atoms with Crippen LogP contribution in [0.25, 0.3) is 0 Å². The minimum absolute atomic E-state index is 0.824. The molecule has 2 aromatic rings. The van der Waals surface area contributed by atoms with Crippen LogP contribution in [-0.2, 0) is 6.42 Å². The standard InChI is InChI=1S/C20H29N5/c1-2-21-20(25-17-13-18-10-4-3-5-11-18)24-16-9-8-15-23-19-12-6-7-14-22-19/h3-7,10-12,14H,2,8-9,13,15-17H2,1H3,(H,22,23)(H2,21,24,25). The summed E-state index contributed by atoms with van der Waals surface area (Å²) in [5.41, 5.74) is 1.34. The van der Waals surface area contributed by atoms with Crippen molar-refractivity contribution in [2.75, 3.05) is 31.5 Å². The van der Waals surface area contributed by atoms with Crippen molar-refractivity contribution in [2.45, 2.75) is 26.2 Å². The predicted molar refractivity (Wildman–Crippen MR) is 106 cm³/mol. The van der Waals surface area contributed by atoms with E-state index in [0.29, 0.717) is 0 Å². The smallest absolute Gasteiger partial charge is 0.191 e. The van der Waals surface area contributed by atoms with Gasteiger partial charge in [0, 0.05) is 32.4 Å². The quantitative estimate of drug-likeness (QED) is 0.354. The van der Waals surface area contributed by atoms with Crippen molar-refractivity contribution in [3.63, 3.8) is 0 Å². The Bertz CT molecular complexity index is 598. The van der Waals surface area contributed by atoms with Gasteiger partial charge in [0.05, 0.1) is 0 Å². The van der Waals surface area contributed by atoms with Gasteiger partial charge >= 0.3 is 0 Å². The lowest BCUT2D eigenvalue weighted by molar-refractivity contribution is 0.750. The molecule has 0 bridgehead atoms. The molecule has 1 aromatic carbocycles. The Morgan fingerprint density at radius 3 is 2.56 bits per heavy atom. The van der Waals surface area contributed by atoms with E-state index >= 15 is 0 Å². The van der Waals surface area contributed by atoms with Gasteiger partial charge in [-0.1, -0.05) is 36.4 Å². The van der Waals surface area contributed by atoms with E-state index in [4.69, 9.17) is 0 Å². The number of pyridine rings is 1. The number of hydrogen-bond donors (Lipinski definition) is 3. The molecular formula is C20H29N5. The van der Waals surface area contributed by atoms with Crippen molar-refractivity contribution >= 4 is 11.8 Å². The zero-order valence-corrected chi connectivity index (χ0v) is 15.0. The molecule has 3 N–H and O–H groups in total. The fourth-order valence-corrected chi connectivity index (χ4v) is 2.42. The van der Waals surface area contributed by atoms with Crippen LogP contribution in [0.2, 0.25) is 0 Å². The second-order valence-corrected chi connectivity index (χ2v) is 5.77. The number of nitrogens with one attached hydrogen (secondary N) is 3. The summed E-state index contributed by atoms with van der Waals surface area (Å²) in [7, 11) is 0. The van der Waals surface area contributed by atoms with Crippen molar-refractivity contribution in [3.05, 3.63) is 60.3 Å². The van der Waals surface area contributed by atoms with Crippen LogP contribution >= 0.6 is 0 Å². The first-order chi connectivity index (χ1) is 12.4. The van der Waals surface area contributed by atoms with Crippen LogP contribution in [0.4, 0.5) is 5.82 Å². The average molecular weight is 339 g/mol. The third-order valence-electron chi connectivity index (χ3n) is 3.72. The molecule has 0 radical (unpaired) electrons. The molecule has 5 nitrogen and oxygen atoms in total. The van der Waals surface area contributed by atoms with Crippen LogP contribution in [-0.4, -0.2) is 37.1 Å². The van der Waals surface area contributed by atoms with E-state index in [0.717, 1.165) is 57.2 Å². The minimum atomic E-state index is 0.824. The van der Waals surface area contributed by atoms with E-state index in [2.05, 4.69) is 57.1 Å². The summed E-state index contributed by atoms with van der Waals surface area (Å²) in [6.45, 7) is 5.59. The number of anilines is 1. The first kappa shape index (κ1) is 18.8. The highest BCUT2D eigenvalue weighted by atomic mass is 15.2. The number of nitrogens with zero attached hydrogens (tertiary/aromatic N) is 2. The monoisotopic (exact) mass is 339 g/mol. The highest BCUT2D eigenvalue weighted by Gasteiger charge is 1.98. The molecular weight excluding hydrogens is 310 g/mol. The lowest BCUT2D eigenvalue weighted by Crippen LogP contribution is -2.38. The molecule has 134 valence electrons. The Labute approximate surface area is 151 Å². The van der Waals surface area contributed by atoms with E-state index in [-0.39, 0.29) is 0 Å². The van der Waals surface area contributed by atoms with E-state index < -0.39 is 0 Å². The van der Waals surface area contributed by atoms with Gasteiger partial charge in [0.2, 0.25) is 0 Å². The van der Waals surface area contributed by atoms with E-state index in [9.17, 15) is 0 Å². The molecule has 0 amide bonds. The highest BCUT2D eigenvalue weighted by Crippen LogP contribution is 2.01. The SMILES string of the molecule is CCNC(=NCCCCNc1ccccn1)NCCc1ccccc1. The molecule has 0 atom stereocenters. The lowest BCUT2D eigenvalue weighted by Gasteiger charge is -2.11. The molecule has 1 heterocycles. The summed E-state index contributed by atoms with van der Waals surface area (Å²) < 4.78 is 0. The van der Waals surface area contributed by atoms with Gasteiger partial charge in [-0.2, -0.15) is 0 Å². The van der Waals surface area contributed by atoms with Crippen LogP contribution in [0.1, 0.15) is 25.3 Å². The van der Waals surface area contributed by atoms with Gasteiger partial charge in [0.1, 0.15) is 5.82 Å². The number of aromatic nitrogens is 1. The highest BCUT2D eigenvalue weighted by molar-refractivity contribution is 5.79. The molecule has 0 aliphatic carbocycles. The molecule has 0 saturated carbocycles. The van der Waals surface area contributed by atoms with E-state index in [1.807, 2.05) is 24.3 Å². The Hall–Kier alpha value is -2.56. The molecule has 0 unspecified atom stereocenters. The number of aliphatic imine (C=N–C) groups is 1. The molecule has 0 spiro atoms. The number of hydrogen-bond acceptors (Lipinski definition) is 3. The molecule has 0 fully saturated rings. The summed E-state index contributed by atoms with van der Waals surface area (Å²) in [5, 5.41) is 10.0. The van der Waals surface area contributed by atoms with Crippen molar-refractivity contribution in [1.82, 2.24) is 15.6 Å². The maximum absolute atomic E-state index is 4.64. The Morgan fingerprint density at radius 1 is 0.960 bits per heavy atom. The van der Waals surface area contributed by atoms with Crippen molar-refractivity contribution in [2.24, 2.45) is 4.99 Å². The van der Waals surface area contributed by atoms with Crippen molar-refractivity contribution in [1.29, 1.82) is 0 Å². The number of rotatable bonds is 10. The van der Waals surface area contributed by atoms with Gasteiger partial charge in [-0.3, -0.25) is 4.99 Å². The van der Waals surface area contributed by atoms with Gasteiger partial charge < -0.3 is 16.0 Å². The number of unbranched alkanes of at least 4 members (excludes halogenated alkanes) is 1. The fraction of sp³-hybridized carbons (Fsp3) is 0.400. The van der Waals surface area contributed by atoms with Crippen molar-refractivity contribution in [3.8, 4) is 0 Å². The third kappa shape index (κ3) is 8.20. The van der Waals surface area contributed by atoms with Crippen molar-refractivity contribution < 1.29 is 0 Å². The third-order valence-corrected chi connectivity index (χ3v) is 3.72. The largest absolute Gasteiger partial charge is 0.370 e. The Balaban J connectivity index is 1.61. The summed E-state index contributed by atoms with van der Waals surface area (Å²) in [4.78, 5) is 8.89. The summed E-state index contributed by atoms with van der Waals surface area (Å²) in [5.74, 6) is 1.83. The maximum Gasteiger partial charge on any atom is 0.191 e. The molecule has 25 heavy (non-hydrogen) atoms. The summed E-state index contributed by atoms with van der Waals surface area (Å²) in [6, 6.07) is 16.4. The Kier molecular flexibility index (Phi) is 8.93. The normalized spacial score (nSPS) is 11.2. The zero-order valence-electron chi connectivity index (χ0n) is 15.0. The van der Waals surface area contributed by atoms with Gasteiger partial charge in [-0.15, -0.1) is 0 Å². The molecule has 1 aromatic heterocycles. The second-order valence-electron chi connectivity index (χ2n) is 5.77. The van der Waals surface area contributed by atoms with Crippen LogP contribution in [0.5, 0.6) is 0 Å². The van der Waals surface area contributed by atoms with E-state index in [1.165, 1.54) is 5.56 Å². The topological polar surface area (TPSA) is 61.3 Å². The number of benzene rings is 1. The first-order valence-corrected chi connectivity index (χ1v) is 9.09. The van der Waals surface area contributed by atoms with Gasteiger partial charge in [0.25, 0.3) is 0 Å². The summed E-state index contributed by atoms with van der Waals surface area (Å²) >= 11 is 0. The number of guanidine groups is 1. The van der Waals surface area contributed by atoms with Gasteiger partial charge in [0.15, 0.2) is 5.96 Å². The van der Waals surface area contributed by atoms with Gasteiger partial charge in [-0.25, -0.2) is 4.98 Å². The predicted octanol–water partition coefficient (Wildman–Crippen LogP) is 3.07. The van der Waals surface area contributed by atoms with E-state index in [1.54, 1.807) is 6.20 Å². The molecule has 0 aliphatic rings. The van der Waals surface area contributed by atoms with Crippen LogP contribution in [0.3, 0.4) is 0 Å². The molecule has 0 saturated heterocycles. The van der Waals surface area contributed by atoms with Gasteiger partial charge in [-0.05, 0) is 43.9 Å². The summed E-state index contributed by atoms with van der Waals surface area (Å²) in [6.07, 6.45) is 4.92. The molecule has 5 heteroatoms. The minimum Gasteiger partial charge on any atom is -0.370 e. The second kappa shape index (κ2) is 11.9.